The Labute approximate surface area is 93.9 Å². The molecule has 4 heteroatoms. The van der Waals surface area contributed by atoms with Crippen LogP contribution in [0.5, 0.6) is 0 Å². The molecule has 0 radical (unpaired) electrons. The van der Waals surface area contributed by atoms with E-state index in [1.54, 1.807) is 10.7 Å². The number of carbonyl (C=O) groups is 1. The average Bonchev–Trinajstić information content (AvgIpc) is 2.58. The van der Waals surface area contributed by atoms with Gasteiger partial charge in [-0.05, 0) is 32.0 Å². The molecule has 0 spiro atoms. The van der Waals surface area contributed by atoms with Gasteiger partial charge in [0.2, 0.25) is 0 Å². The molecule has 0 bridgehead atoms. The second-order valence-corrected chi connectivity index (χ2v) is 3.78. The molecule has 4 nitrogen and oxygen atoms in total. The Morgan fingerprint density at radius 3 is 2.62 bits per heavy atom. The van der Waals surface area contributed by atoms with Gasteiger partial charge in [-0.1, -0.05) is 6.07 Å². The summed E-state index contributed by atoms with van der Waals surface area (Å²) in [5, 5.41) is 4.32. The Balaban J connectivity index is 2.52. The quantitative estimate of drug-likeness (QED) is 0.721. The van der Waals surface area contributed by atoms with Crippen molar-refractivity contribution < 1.29 is 4.79 Å². The van der Waals surface area contributed by atoms with Gasteiger partial charge in [0.05, 0.1) is 5.69 Å². The molecule has 2 rings (SSSR count). The van der Waals surface area contributed by atoms with E-state index in [1.165, 1.54) is 6.92 Å². The number of rotatable bonds is 2. The number of aryl methyl sites for hydroxylation is 2. The first-order chi connectivity index (χ1) is 7.58. The van der Waals surface area contributed by atoms with Crippen LogP contribution in [0.25, 0.3) is 5.82 Å². The van der Waals surface area contributed by atoms with Crippen LogP contribution in [0, 0.1) is 13.8 Å². The Bertz CT molecular complexity index is 543. The number of pyridine rings is 1. The first-order valence-electron chi connectivity index (χ1n) is 5.09. The molecule has 0 saturated carbocycles. The van der Waals surface area contributed by atoms with E-state index < -0.39 is 0 Å². The number of carbonyl (C=O) groups excluding carboxylic acids is 1. The number of Topliss-reactive ketones (excluding diaryl/α,β-unsaturated/α-hetero) is 1. The van der Waals surface area contributed by atoms with E-state index in [2.05, 4.69) is 10.1 Å². The Morgan fingerprint density at radius 1 is 1.31 bits per heavy atom. The molecular weight excluding hydrogens is 202 g/mol. The van der Waals surface area contributed by atoms with Gasteiger partial charge in [0.15, 0.2) is 11.6 Å². The number of nitrogens with zero attached hydrogens (tertiary/aromatic N) is 3. The lowest BCUT2D eigenvalue weighted by Crippen LogP contribution is -2.05. The lowest BCUT2D eigenvalue weighted by molar-refractivity contribution is 0.101. The fourth-order valence-electron chi connectivity index (χ4n) is 1.60. The van der Waals surface area contributed by atoms with E-state index in [1.807, 2.05) is 32.0 Å². The maximum atomic E-state index is 11.2. The summed E-state index contributed by atoms with van der Waals surface area (Å²) in [7, 11) is 0. The van der Waals surface area contributed by atoms with Crippen LogP contribution in [0.3, 0.4) is 0 Å². The maximum absolute atomic E-state index is 11.2. The molecule has 0 unspecified atom stereocenters. The summed E-state index contributed by atoms with van der Waals surface area (Å²) in [6, 6.07) is 7.33. The van der Waals surface area contributed by atoms with Crippen LogP contribution in [0.15, 0.2) is 24.3 Å². The normalized spacial score (nSPS) is 10.4. The van der Waals surface area contributed by atoms with Crippen molar-refractivity contribution in [2.75, 3.05) is 0 Å². The van der Waals surface area contributed by atoms with Gasteiger partial charge in [0, 0.05) is 12.6 Å². The number of hydrogen-bond donors (Lipinski definition) is 0. The number of hydrogen-bond acceptors (Lipinski definition) is 3. The molecule has 2 aromatic rings. The standard InChI is InChI=1S/C12H13N3O/c1-8-7-9(2)15(14-8)12-6-4-5-11(13-12)10(3)16/h4-7H,1-3H3. The third-order valence-corrected chi connectivity index (χ3v) is 2.32. The zero-order valence-electron chi connectivity index (χ0n) is 9.56. The molecular formula is C12H13N3O. The maximum Gasteiger partial charge on any atom is 0.178 e. The minimum atomic E-state index is -0.0385. The molecule has 0 atom stereocenters. The van der Waals surface area contributed by atoms with Crippen LogP contribution >= 0.6 is 0 Å². The lowest BCUT2D eigenvalue weighted by Gasteiger charge is -2.04. The van der Waals surface area contributed by atoms with Gasteiger partial charge in [-0.3, -0.25) is 4.79 Å². The van der Waals surface area contributed by atoms with Crippen LogP contribution in [0.2, 0.25) is 0 Å². The summed E-state index contributed by atoms with van der Waals surface area (Å²) in [6.07, 6.45) is 0. The zero-order chi connectivity index (χ0) is 11.7. The van der Waals surface area contributed by atoms with E-state index in [0.717, 1.165) is 11.4 Å². The van der Waals surface area contributed by atoms with Crippen LogP contribution in [-0.4, -0.2) is 20.5 Å². The summed E-state index contributed by atoms with van der Waals surface area (Å²) in [6.45, 7) is 5.40. The third kappa shape index (κ3) is 1.86. The molecule has 82 valence electrons. The molecule has 2 aromatic heterocycles. The number of aromatic nitrogens is 3. The summed E-state index contributed by atoms with van der Waals surface area (Å²) < 4.78 is 1.74. The van der Waals surface area contributed by atoms with Crippen LogP contribution in [-0.2, 0) is 0 Å². The Hall–Kier alpha value is -1.97. The predicted octanol–water partition coefficient (Wildman–Crippen LogP) is 2.09. The van der Waals surface area contributed by atoms with Crippen LogP contribution in [0.4, 0.5) is 0 Å². The molecule has 2 heterocycles. The van der Waals surface area contributed by atoms with E-state index >= 15 is 0 Å². The summed E-state index contributed by atoms with van der Waals surface area (Å²) >= 11 is 0. The first-order valence-corrected chi connectivity index (χ1v) is 5.09. The van der Waals surface area contributed by atoms with E-state index in [4.69, 9.17) is 0 Å². The highest BCUT2D eigenvalue weighted by Crippen LogP contribution is 2.10. The topological polar surface area (TPSA) is 47.8 Å². The summed E-state index contributed by atoms with van der Waals surface area (Å²) in [4.78, 5) is 15.5. The van der Waals surface area contributed by atoms with Crippen molar-refractivity contribution in [3.8, 4) is 5.82 Å². The van der Waals surface area contributed by atoms with Gasteiger partial charge in [-0.15, -0.1) is 0 Å². The van der Waals surface area contributed by atoms with Crippen molar-refractivity contribution in [3.05, 3.63) is 41.3 Å². The highest BCUT2D eigenvalue weighted by molar-refractivity contribution is 5.92. The second kappa shape index (κ2) is 3.89. The fourth-order valence-corrected chi connectivity index (χ4v) is 1.60. The lowest BCUT2D eigenvalue weighted by atomic mass is 10.3. The smallest absolute Gasteiger partial charge is 0.178 e. The Morgan fingerprint density at radius 2 is 2.06 bits per heavy atom. The van der Waals surface area contributed by atoms with E-state index in [9.17, 15) is 4.79 Å². The highest BCUT2D eigenvalue weighted by Gasteiger charge is 2.07. The molecule has 16 heavy (non-hydrogen) atoms. The molecule has 0 aliphatic heterocycles. The molecule has 0 saturated heterocycles. The van der Waals surface area contributed by atoms with Gasteiger partial charge < -0.3 is 0 Å². The van der Waals surface area contributed by atoms with Crippen molar-refractivity contribution in [1.29, 1.82) is 0 Å². The van der Waals surface area contributed by atoms with Gasteiger partial charge in [-0.2, -0.15) is 5.10 Å². The second-order valence-electron chi connectivity index (χ2n) is 3.78. The van der Waals surface area contributed by atoms with Crippen molar-refractivity contribution in [3.63, 3.8) is 0 Å². The predicted molar refractivity (Wildman–Crippen MR) is 60.8 cm³/mol. The van der Waals surface area contributed by atoms with Crippen molar-refractivity contribution >= 4 is 5.78 Å². The molecule has 0 amide bonds. The third-order valence-electron chi connectivity index (χ3n) is 2.32. The van der Waals surface area contributed by atoms with Gasteiger partial charge in [0.25, 0.3) is 0 Å². The average molecular weight is 215 g/mol. The SMILES string of the molecule is CC(=O)c1cccc(-n2nc(C)cc2C)n1. The minimum Gasteiger partial charge on any atom is -0.293 e. The summed E-state index contributed by atoms with van der Waals surface area (Å²) in [5.41, 5.74) is 2.41. The van der Waals surface area contributed by atoms with E-state index in [0.29, 0.717) is 11.5 Å². The van der Waals surface area contributed by atoms with Crippen LogP contribution < -0.4 is 0 Å². The molecule has 0 aliphatic rings. The highest BCUT2D eigenvalue weighted by atomic mass is 16.1. The monoisotopic (exact) mass is 215 g/mol. The first kappa shape index (κ1) is 10.5. The zero-order valence-corrected chi connectivity index (χ0v) is 9.56. The van der Waals surface area contributed by atoms with Gasteiger partial charge >= 0.3 is 0 Å². The molecule has 0 aromatic carbocycles. The molecule has 0 aliphatic carbocycles. The van der Waals surface area contributed by atoms with Crippen molar-refractivity contribution in [2.24, 2.45) is 0 Å². The fraction of sp³-hybridized carbons (Fsp3) is 0.250. The van der Waals surface area contributed by atoms with E-state index in [-0.39, 0.29) is 5.78 Å². The van der Waals surface area contributed by atoms with Gasteiger partial charge in [-0.25, -0.2) is 9.67 Å². The number of ketones is 1. The molecule has 0 N–H and O–H groups in total. The largest absolute Gasteiger partial charge is 0.293 e. The van der Waals surface area contributed by atoms with Crippen molar-refractivity contribution in [1.82, 2.24) is 14.8 Å². The van der Waals surface area contributed by atoms with Gasteiger partial charge in [0.1, 0.15) is 5.69 Å². The minimum absolute atomic E-state index is 0.0385. The Kier molecular flexibility index (Phi) is 2.56. The van der Waals surface area contributed by atoms with Crippen LogP contribution in [0.1, 0.15) is 28.8 Å². The summed E-state index contributed by atoms with van der Waals surface area (Å²) in [5.74, 6) is 0.640. The molecule has 0 fully saturated rings. The van der Waals surface area contributed by atoms with Crippen molar-refractivity contribution in [2.45, 2.75) is 20.8 Å².